The standard InChI is InChI=1S/C15H22Cl2N2O3S/c1-3-4-5-9-19(23(2,21)22)10-8-15(20)18-14-11-12(16)6-7-13(14)17/h6-7,11H,3-5,8-10H2,1-2H3,(H,18,20). The number of unbranched alkanes of at least 4 members (excludes halogenated alkanes) is 2. The van der Waals surface area contributed by atoms with Crippen LogP contribution < -0.4 is 5.32 Å². The number of amides is 1. The van der Waals surface area contributed by atoms with Crippen molar-refractivity contribution in [2.75, 3.05) is 24.7 Å². The fraction of sp³-hybridized carbons (Fsp3) is 0.533. The SMILES string of the molecule is CCCCCN(CCC(=O)Nc1cc(Cl)ccc1Cl)S(C)(=O)=O. The summed E-state index contributed by atoms with van der Waals surface area (Å²) in [6.45, 7) is 2.62. The average molecular weight is 381 g/mol. The van der Waals surface area contributed by atoms with E-state index < -0.39 is 10.0 Å². The first-order valence-corrected chi connectivity index (χ1v) is 10.0. The first-order valence-electron chi connectivity index (χ1n) is 7.44. The third-order valence-electron chi connectivity index (χ3n) is 3.27. The molecular weight excluding hydrogens is 359 g/mol. The van der Waals surface area contributed by atoms with Gasteiger partial charge in [0.2, 0.25) is 15.9 Å². The first kappa shape index (κ1) is 20.2. The van der Waals surface area contributed by atoms with Crippen molar-refractivity contribution in [1.29, 1.82) is 0 Å². The third kappa shape index (κ3) is 7.52. The van der Waals surface area contributed by atoms with Crippen LogP contribution in [0.5, 0.6) is 0 Å². The maximum atomic E-state index is 12.0. The molecule has 8 heteroatoms. The van der Waals surface area contributed by atoms with Crippen LogP contribution in [0, 0.1) is 0 Å². The lowest BCUT2D eigenvalue weighted by Gasteiger charge is -2.19. The maximum absolute atomic E-state index is 12.0. The summed E-state index contributed by atoms with van der Waals surface area (Å²) < 4.78 is 24.8. The number of sulfonamides is 1. The summed E-state index contributed by atoms with van der Waals surface area (Å²) in [6, 6.07) is 4.77. The molecule has 1 N–H and O–H groups in total. The predicted octanol–water partition coefficient (Wildman–Crippen LogP) is 3.77. The van der Waals surface area contributed by atoms with Gasteiger partial charge in [-0.15, -0.1) is 0 Å². The van der Waals surface area contributed by atoms with E-state index in [0.29, 0.717) is 22.3 Å². The first-order chi connectivity index (χ1) is 10.7. The van der Waals surface area contributed by atoms with Crippen molar-refractivity contribution in [3.63, 3.8) is 0 Å². The number of hydrogen-bond acceptors (Lipinski definition) is 3. The number of benzene rings is 1. The Bertz CT molecular complexity index is 636. The molecule has 1 amide bonds. The number of nitrogens with one attached hydrogen (secondary N) is 1. The van der Waals surface area contributed by atoms with E-state index in [0.717, 1.165) is 25.5 Å². The number of carbonyl (C=O) groups is 1. The summed E-state index contributed by atoms with van der Waals surface area (Å²) in [5.41, 5.74) is 0.418. The molecule has 0 heterocycles. The van der Waals surface area contributed by atoms with Crippen molar-refractivity contribution in [3.05, 3.63) is 28.2 Å². The second kappa shape index (κ2) is 9.47. The van der Waals surface area contributed by atoms with Gasteiger partial charge in [-0.25, -0.2) is 12.7 Å². The highest BCUT2D eigenvalue weighted by Gasteiger charge is 2.17. The number of rotatable bonds is 9. The van der Waals surface area contributed by atoms with Crippen molar-refractivity contribution >= 4 is 44.8 Å². The van der Waals surface area contributed by atoms with E-state index in [1.54, 1.807) is 18.2 Å². The normalized spacial score (nSPS) is 11.7. The molecule has 1 aromatic rings. The fourth-order valence-electron chi connectivity index (χ4n) is 2.01. The molecule has 23 heavy (non-hydrogen) atoms. The summed E-state index contributed by atoms with van der Waals surface area (Å²) in [7, 11) is -3.32. The lowest BCUT2D eigenvalue weighted by atomic mass is 10.2. The fourth-order valence-corrected chi connectivity index (χ4v) is 3.23. The zero-order valence-electron chi connectivity index (χ0n) is 13.3. The highest BCUT2D eigenvalue weighted by Crippen LogP contribution is 2.25. The highest BCUT2D eigenvalue weighted by molar-refractivity contribution is 7.88. The summed E-state index contributed by atoms with van der Waals surface area (Å²) in [5.74, 6) is -0.307. The molecule has 0 unspecified atom stereocenters. The van der Waals surface area contributed by atoms with E-state index in [1.165, 1.54) is 4.31 Å². The Labute approximate surface area is 148 Å². The molecule has 5 nitrogen and oxygen atoms in total. The molecule has 0 aromatic heterocycles. The van der Waals surface area contributed by atoms with Gasteiger partial charge in [0.15, 0.2) is 0 Å². The summed E-state index contributed by atoms with van der Waals surface area (Å²) in [4.78, 5) is 12.0. The van der Waals surface area contributed by atoms with E-state index in [1.807, 2.05) is 6.92 Å². The monoisotopic (exact) mass is 380 g/mol. The Kier molecular flexibility index (Phi) is 8.33. The number of nitrogens with zero attached hydrogens (tertiary/aromatic N) is 1. The molecule has 0 aliphatic heterocycles. The van der Waals surface area contributed by atoms with E-state index in [4.69, 9.17) is 23.2 Å². The molecule has 0 atom stereocenters. The number of hydrogen-bond donors (Lipinski definition) is 1. The van der Waals surface area contributed by atoms with E-state index in [9.17, 15) is 13.2 Å². The van der Waals surface area contributed by atoms with Crippen LogP contribution in [0.3, 0.4) is 0 Å². The zero-order chi connectivity index (χ0) is 17.5. The molecule has 0 aliphatic carbocycles. The maximum Gasteiger partial charge on any atom is 0.225 e. The third-order valence-corrected chi connectivity index (χ3v) is 5.14. The Hall–Kier alpha value is -0.820. The van der Waals surface area contributed by atoms with Gasteiger partial charge in [-0.1, -0.05) is 43.0 Å². The van der Waals surface area contributed by atoms with Crippen LogP contribution >= 0.6 is 23.2 Å². The van der Waals surface area contributed by atoms with Gasteiger partial charge < -0.3 is 5.32 Å². The van der Waals surface area contributed by atoms with Gasteiger partial charge in [0.05, 0.1) is 17.0 Å². The molecule has 130 valence electrons. The van der Waals surface area contributed by atoms with Crippen LogP contribution in [0.4, 0.5) is 5.69 Å². The lowest BCUT2D eigenvalue weighted by molar-refractivity contribution is -0.116. The molecule has 0 saturated carbocycles. The van der Waals surface area contributed by atoms with Crippen molar-refractivity contribution in [3.8, 4) is 0 Å². The van der Waals surface area contributed by atoms with Crippen molar-refractivity contribution < 1.29 is 13.2 Å². The molecule has 0 fully saturated rings. The largest absolute Gasteiger partial charge is 0.325 e. The Morgan fingerprint density at radius 1 is 1.22 bits per heavy atom. The minimum absolute atomic E-state index is 0.0576. The van der Waals surface area contributed by atoms with Crippen LogP contribution in [0.25, 0.3) is 0 Å². The van der Waals surface area contributed by atoms with Crippen LogP contribution in [0.2, 0.25) is 10.0 Å². The van der Waals surface area contributed by atoms with E-state index >= 15 is 0 Å². The van der Waals surface area contributed by atoms with Crippen molar-refractivity contribution in [1.82, 2.24) is 4.31 Å². The van der Waals surface area contributed by atoms with E-state index in [-0.39, 0.29) is 18.9 Å². The van der Waals surface area contributed by atoms with Gasteiger partial charge >= 0.3 is 0 Å². The predicted molar refractivity (Wildman–Crippen MR) is 95.7 cm³/mol. The second-order valence-electron chi connectivity index (χ2n) is 5.29. The molecule has 0 aliphatic rings. The van der Waals surface area contributed by atoms with Gasteiger partial charge in [0.25, 0.3) is 0 Å². The quantitative estimate of drug-likeness (QED) is 0.662. The van der Waals surface area contributed by atoms with Crippen molar-refractivity contribution in [2.45, 2.75) is 32.6 Å². The van der Waals surface area contributed by atoms with Crippen molar-refractivity contribution in [2.24, 2.45) is 0 Å². The minimum atomic E-state index is -3.32. The number of anilines is 1. The molecular formula is C15H22Cl2N2O3S. The topological polar surface area (TPSA) is 66.5 Å². The van der Waals surface area contributed by atoms with Crippen LogP contribution in [0.15, 0.2) is 18.2 Å². The van der Waals surface area contributed by atoms with Gasteiger partial charge in [-0.2, -0.15) is 0 Å². The molecule has 0 saturated heterocycles. The highest BCUT2D eigenvalue weighted by atomic mass is 35.5. The van der Waals surface area contributed by atoms with Crippen LogP contribution in [-0.4, -0.2) is 38.0 Å². The van der Waals surface area contributed by atoms with Gasteiger partial charge in [-0.3, -0.25) is 4.79 Å². The summed E-state index contributed by atoms with van der Waals surface area (Å²) >= 11 is 11.8. The van der Waals surface area contributed by atoms with Crippen LogP contribution in [0.1, 0.15) is 32.6 Å². The second-order valence-corrected chi connectivity index (χ2v) is 8.12. The number of carbonyl (C=O) groups excluding carboxylic acids is 1. The minimum Gasteiger partial charge on any atom is -0.325 e. The Morgan fingerprint density at radius 3 is 2.52 bits per heavy atom. The van der Waals surface area contributed by atoms with Gasteiger partial charge in [0.1, 0.15) is 0 Å². The van der Waals surface area contributed by atoms with Crippen LogP contribution in [-0.2, 0) is 14.8 Å². The molecule has 0 bridgehead atoms. The lowest BCUT2D eigenvalue weighted by Crippen LogP contribution is -2.33. The average Bonchev–Trinajstić information content (AvgIpc) is 2.45. The number of halogens is 2. The summed E-state index contributed by atoms with van der Waals surface area (Å²) in [6.07, 6.45) is 3.96. The zero-order valence-corrected chi connectivity index (χ0v) is 15.6. The van der Waals surface area contributed by atoms with E-state index in [2.05, 4.69) is 5.32 Å². The Morgan fingerprint density at radius 2 is 1.91 bits per heavy atom. The smallest absolute Gasteiger partial charge is 0.225 e. The van der Waals surface area contributed by atoms with Gasteiger partial charge in [0, 0.05) is 24.5 Å². The Balaban J connectivity index is 2.59. The molecule has 1 rings (SSSR count). The summed E-state index contributed by atoms with van der Waals surface area (Å²) in [5, 5.41) is 3.49. The molecule has 1 aromatic carbocycles. The van der Waals surface area contributed by atoms with Gasteiger partial charge in [-0.05, 0) is 24.6 Å². The molecule has 0 spiro atoms. The molecule has 0 radical (unpaired) electrons.